The molecule has 1 N–H and O–H groups in total. The zero-order chi connectivity index (χ0) is 13.7. The third-order valence-electron chi connectivity index (χ3n) is 2.86. The van der Waals surface area contributed by atoms with Gasteiger partial charge in [0.25, 0.3) is 0 Å². The summed E-state index contributed by atoms with van der Waals surface area (Å²) in [4.78, 5) is 15.7. The van der Waals surface area contributed by atoms with Gasteiger partial charge >= 0.3 is 0 Å². The molecule has 106 valence electrons. The van der Waals surface area contributed by atoms with E-state index in [4.69, 9.17) is 4.74 Å². The third kappa shape index (κ3) is 4.02. The molecule has 1 aromatic heterocycles. The average Bonchev–Trinajstić information content (AvgIpc) is 2.39. The van der Waals surface area contributed by atoms with Crippen molar-refractivity contribution in [3.05, 3.63) is 5.82 Å². The van der Waals surface area contributed by atoms with Crippen LogP contribution in [0, 0.1) is 0 Å². The fourth-order valence-electron chi connectivity index (χ4n) is 1.97. The molecule has 0 saturated carbocycles. The van der Waals surface area contributed by atoms with Crippen molar-refractivity contribution in [3.63, 3.8) is 0 Å². The predicted octanol–water partition coefficient (Wildman–Crippen LogP) is 1.48. The van der Waals surface area contributed by atoms with Gasteiger partial charge < -0.3 is 15.0 Å². The minimum absolute atomic E-state index is 0.314. The number of rotatable bonds is 5. The zero-order valence-electron chi connectivity index (χ0n) is 12.0. The summed E-state index contributed by atoms with van der Waals surface area (Å²) < 4.78 is 5.37. The maximum Gasteiger partial charge on any atom is 0.230 e. The number of hydrogen-bond acceptors (Lipinski definition) is 6. The molecular weight excluding hydrogens is 242 g/mol. The van der Waals surface area contributed by atoms with E-state index in [1.165, 1.54) is 0 Å². The number of aromatic nitrogens is 3. The molecule has 6 nitrogen and oxygen atoms in total. The first-order valence-electron chi connectivity index (χ1n) is 7.03. The maximum absolute atomic E-state index is 5.37. The van der Waals surface area contributed by atoms with E-state index >= 15 is 0 Å². The second-order valence-electron chi connectivity index (χ2n) is 5.02. The first-order chi connectivity index (χ1) is 9.19. The van der Waals surface area contributed by atoms with Gasteiger partial charge in [0.05, 0.1) is 13.2 Å². The van der Waals surface area contributed by atoms with Crippen LogP contribution in [0.1, 0.15) is 33.0 Å². The topological polar surface area (TPSA) is 63.2 Å². The normalized spacial score (nSPS) is 15.9. The standard InChI is InChI=1S/C13H23N5O/c1-4-5-11-15-12(14-10(2)3)17-13(16-11)18-6-8-19-9-7-18/h10H,4-9H2,1-3H3,(H,14,15,16,17). The maximum atomic E-state index is 5.37. The van der Waals surface area contributed by atoms with E-state index in [1.807, 2.05) is 0 Å². The van der Waals surface area contributed by atoms with Gasteiger partial charge in [0, 0.05) is 25.6 Å². The second kappa shape index (κ2) is 6.65. The van der Waals surface area contributed by atoms with Crippen LogP contribution in [-0.4, -0.2) is 47.3 Å². The summed E-state index contributed by atoms with van der Waals surface area (Å²) in [6, 6.07) is 0.314. The quantitative estimate of drug-likeness (QED) is 0.870. The largest absolute Gasteiger partial charge is 0.378 e. The molecule has 0 unspecified atom stereocenters. The van der Waals surface area contributed by atoms with Crippen molar-refractivity contribution in [2.24, 2.45) is 0 Å². The summed E-state index contributed by atoms with van der Waals surface area (Å²) in [6.45, 7) is 9.46. The Kier molecular flexibility index (Phi) is 4.90. The lowest BCUT2D eigenvalue weighted by molar-refractivity contribution is 0.122. The summed E-state index contributed by atoms with van der Waals surface area (Å²) in [7, 11) is 0. The monoisotopic (exact) mass is 265 g/mol. The number of morpholine rings is 1. The molecule has 0 atom stereocenters. The molecule has 2 heterocycles. The molecule has 2 rings (SSSR count). The summed E-state index contributed by atoms with van der Waals surface area (Å²) in [5.41, 5.74) is 0. The molecule has 0 aromatic carbocycles. The van der Waals surface area contributed by atoms with Gasteiger partial charge in [-0.2, -0.15) is 15.0 Å². The Hall–Kier alpha value is -1.43. The van der Waals surface area contributed by atoms with E-state index in [2.05, 4.69) is 45.9 Å². The van der Waals surface area contributed by atoms with Crippen molar-refractivity contribution in [3.8, 4) is 0 Å². The fraction of sp³-hybridized carbons (Fsp3) is 0.769. The highest BCUT2D eigenvalue weighted by Crippen LogP contribution is 2.14. The predicted molar refractivity (Wildman–Crippen MR) is 75.6 cm³/mol. The van der Waals surface area contributed by atoms with E-state index in [1.54, 1.807) is 0 Å². The van der Waals surface area contributed by atoms with Crippen molar-refractivity contribution in [1.82, 2.24) is 15.0 Å². The van der Waals surface area contributed by atoms with Crippen LogP contribution in [0.4, 0.5) is 11.9 Å². The molecule has 19 heavy (non-hydrogen) atoms. The van der Waals surface area contributed by atoms with Crippen molar-refractivity contribution in [1.29, 1.82) is 0 Å². The Balaban J connectivity index is 2.21. The Morgan fingerprint density at radius 1 is 1.21 bits per heavy atom. The summed E-state index contributed by atoms with van der Waals surface area (Å²) >= 11 is 0. The summed E-state index contributed by atoms with van der Waals surface area (Å²) in [5, 5.41) is 3.26. The van der Waals surface area contributed by atoms with Gasteiger partial charge in [0.15, 0.2) is 0 Å². The molecule has 0 radical (unpaired) electrons. The number of aryl methyl sites for hydroxylation is 1. The summed E-state index contributed by atoms with van der Waals surface area (Å²) in [6.07, 6.45) is 1.92. The van der Waals surface area contributed by atoms with Gasteiger partial charge in [-0.3, -0.25) is 0 Å². The van der Waals surface area contributed by atoms with E-state index in [9.17, 15) is 0 Å². The molecule has 0 amide bonds. The molecule has 1 aliphatic rings. The minimum atomic E-state index is 0.314. The lowest BCUT2D eigenvalue weighted by Gasteiger charge is -2.27. The molecule has 1 aromatic rings. The summed E-state index contributed by atoms with van der Waals surface area (Å²) in [5.74, 6) is 2.31. The van der Waals surface area contributed by atoms with E-state index in [0.717, 1.165) is 50.9 Å². The van der Waals surface area contributed by atoms with E-state index < -0.39 is 0 Å². The van der Waals surface area contributed by atoms with Crippen molar-refractivity contribution in [2.45, 2.75) is 39.7 Å². The highest BCUT2D eigenvalue weighted by atomic mass is 16.5. The van der Waals surface area contributed by atoms with Crippen LogP contribution in [0.15, 0.2) is 0 Å². The number of nitrogens with zero attached hydrogens (tertiary/aromatic N) is 4. The highest BCUT2D eigenvalue weighted by Gasteiger charge is 2.16. The van der Waals surface area contributed by atoms with Crippen LogP contribution < -0.4 is 10.2 Å². The van der Waals surface area contributed by atoms with Gasteiger partial charge in [-0.05, 0) is 20.3 Å². The SMILES string of the molecule is CCCc1nc(NC(C)C)nc(N2CCOCC2)n1. The number of hydrogen-bond donors (Lipinski definition) is 1. The Bertz CT molecular complexity index is 404. The lowest BCUT2D eigenvalue weighted by atomic mass is 10.3. The number of ether oxygens (including phenoxy) is 1. The highest BCUT2D eigenvalue weighted by molar-refractivity contribution is 5.38. The molecule has 0 spiro atoms. The van der Waals surface area contributed by atoms with Gasteiger partial charge in [0.1, 0.15) is 5.82 Å². The van der Waals surface area contributed by atoms with Crippen LogP contribution in [0.3, 0.4) is 0 Å². The van der Waals surface area contributed by atoms with Gasteiger partial charge in [-0.1, -0.05) is 6.92 Å². The molecule has 0 aliphatic carbocycles. The van der Waals surface area contributed by atoms with E-state index in [0.29, 0.717) is 12.0 Å². The Morgan fingerprint density at radius 2 is 1.95 bits per heavy atom. The van der Waals surface area contributed by atoms with Crippen LogP contribution in [0.25, 0.3) is 0 Å². The van der Waals surface area contributed by atoms with Gasteiger partial charge in [-0.25, -0.2) is 0 Å². The molecule has 1 fully saturated rings. The first kappa shape index (κ1) is 14.0. The smallest absolute Gasteiger partial charge is 0.230 e. The third-order valence-corrected chi connectivity index (χ3v) is 2.86. The van der Waals surface area contributed by atoms with Crippen molar-refractivity contribution < 1.29 is 4.74 Å². The first-order valence-corrected chi connectivity index (χ1v) is 7.03. The molecule has 6 heteroatoms. The number of anilines is 2. The van der Waals surface area contributed by atoms with Crippen LogP contribution in [-0.2, 0) is 11.2 Å². The van der Waals surface area contributed by atoms with Crippen molar-refractivity contribution >= 4 is 11.9 Å². The Labute approximate surface area is 114 Å². The average molecular weight is 265 g/mol. The molecule has 1 aliphatic heterocycles. The molecule has 1 saturated heterocycles. The molecular formula is C13H23N5O. The molecule has 0 bridgehead atoms. The van der Waals surface area contributed by atoms with Crippen LogP contribution in [0.5, 0.6) is 0 Å². The fourth-order valence-corrected chi connectivity index (χ4v) is 1.97. The number of nitrogens with one attached hydrogen (secondary N) is 1. The van der Waals surface area contributed by atoms with Crippen LogP contribution in [0.2, 0.25) is 0 Å². The van der Waals surface area contributed by atoms with Gasteiger partial charge in [-0.15, -0.1) is 0 Å². The van der Waals surface area contributed by atoms with Crippen molar-refractivity contribution in [2.75, 3.05) is 36.5 Å². The lowest BCUT2D eigenvalue weighted by Crippen LogP contribution is -2.37. The minimum Gasteiger partial charge on any atom is -0.378 e. The van der Waals surface area contributed by atoms with Crippen LogP contribution >= 0.6 is 0 Å². The van der Waals surface area contributed by atoms with Gasteiger partial charge in [0.2, 0.25) is 11.9 Å². The van der Waals surface area contributed by atoms with E-state index in [-0.39, 0.29) is 0 Å². The second-order valence-corrected chi connectivity index (χ2v) is 5.02. The Morgan fingerprint density at radius 3 is 2.58 bits per heavy atom. The zero-order valence-corrected chi connectivity index (χ0v) is 12.0.